The minimum absolute atomic E-state index is 0.0814. The number of amides is 1. The zero-order valence-electron chi connectivity index (χ0n) is 21.5. The largest absolute Gasteiger partial charge is 0.494 e. The molecule has 0 spiro atoms. The Morgan fingerprint density at radius 2 is 1.57 bits per heavy atom. The molecule has 3 atom stereocenters. The molecule has 2 rings (SSSR count). The summed E-state index contributed by atoms with van der Waals surface area (Å²) in [7, 11) is 3.02. The highest BCUT2D eigenvalue weighted by Gasteiger charge is 2.44. The summed E-state index contributed by atoms with van der Waals surface area (Å²) in [4.78, 5) is 13.2. The number of para-hydroxylation sites is 1. The fourth-order valence-corrected chi connectivity index (χ4v) is 4.06. The molecule has 0 unspecified atom stereocenters. The number of rotatable bonds is 13. The van der Waals surface area contributed by atoms with Crippen LogP contribution < -0.4 is 25.4 Å². The lowest BCUT2D eigenvalue weighted by atomic mass is 9.97. The predicted molar refractivity (Wildman–Crippen MR) is 140 cm³/mol. The van der Waals surface area contributed by atoms with Gasteiger partial charge in [-0.15, -0.1) is 0 Å². The molecule has 0 saturated heterocycles. The van der Waals surface area contributed by atoms with Gasteiger partial charge in [-0.05, 0) is 50.1 Å². The molecule has 0 radical (unpaired) electrons. The smallest absolute Gasteiger partial charge is 0.407 e. The summed E-state index contributed by atoms with van der Waals surface area (Å²) in [5, 5.41) is 8.32. The maximum atomic E-state index is 14.6. The van der Waals surface area contributed by atoms with E-state index in [-0.39, 0.29) is 12.1 Å². The topological polar surface area (TPSA) is 71.6 Å². The van der Waals surface area contributed by atoms with Crippen molar-refractivity contribution in [3.8, 4) is 11.5 Å². The van der Waals surface area contributed by atoms with Crippen molar-refractivity contribution in [1.29, 1.82) is 0 Å². The number of hydrogen-bond donors (Lipinski definition) is 3. The molecule has 206 valence electrons. The number of alkyl halides is 4. The molecule has 2 aromatic rings. The van der Waals surface area contributed by atoms with E-state index in [2.05, 4.69) is 31.9 Å². The van der Waals surface area contributed by atoms with Gasteiger partial charge in [0.2, 0.25) is 5.91 Å². The van der Waals surface area contributed by atoms with Crippen LogP contribution in [-0.2, 0) is 4.79 Å². The van der Waals surface area contributed by atoms with Gasteiger partial charge >= 0.3 is 6.18 Å². The molecule has 6 nitrogen and oxygen atoms in total. The maximum absolute atomic E-state index is 14.6. The third-order valence-corrected chi connectivity index (χ3v) is 6.23. The quantitative estimate of drug-likeness (QED) is 0.243. The van der Waals surface area contributed by atoms with E-state index in [1.54, 1.807) is 18.2 Å². The van der Waals surface area contributed by atoms with Crippen LogP contribution in [0.25, 0.3) is 0 Å². The Hall–Kier alpha value is -2.53. The Kier molecular flexibility index (Phi) is 11.0. The monoisotopic (exact) mass is 591 g/mol. The van der Waals surface area contributed by atoms with Gasteiger partial charge in [-0.1, -0.05) is 41.1 Å². The minimum Gasteiger partial charge on any atom is -0.494 e. The Labute approximate surface area is 223 Å². The first-order chi connectivity index (χ1) is 17.3. The number of carbonyl (C=O) groups excluding carboxylic acids is 1. The van der Waals surface area contributed by atoms with Gasteiger partial charge < -0.3 is 20.1 Å². The second kappa shape index (κ2) is 13.3. The number of halogens is 5. The number of carbonyl (C=O) groups is 1. The van der Waals surface area contributed by atoms with Crippen LogP contribution in [0.5, 0.6) is 11.5 Å². The van der Waals surface area contributed by atoms with E-state index in [0.29, 0.717) is 28.1 Å². The van der Waals surface area contributed by atoms with E-state index in [0.717, 1.165) is 0 Å². The van der Waals surface area contributed by atoms with Crippen molar-refractivity contribution >= 4 is 27.5 Å². The molecule has 0 fully saturated rings. The zero-order valence-corrected chi connectivity index (χ0v) is 23.1. The lowest BCUT2D eigenvalue weighted by molar-refractivity contribution is -0.161. The number of methoxy groups -OCH3 is 2. The minimum atomic E-state index is -4.71. The first-order valence-corrected chi connectivity index (χ1v) is 12.6. The molecule has 0 aliphatic rings. The maximum Gasteiger partial charge on any atom is 0.407 e. The summed E-state index contributed by atoms with van der Waals surface area (Å²) >= 11 is 3.21. The average Bonchev–Trinajstić information content (AvgIpc) is 2.83. The SMILES string of the molecule is CC[C@@H](CNc1c(OC)cccc1OC)NC(=O)[C@H](CC(C)(C)F)N[C@@H](c1ccc(Br)cc1)C(F)(F)F. The first kappa shape index (κ1) is 30.7. The number of benzene rings is 2. The van der Waals surface area contributed by atoms with Crippen molar-refractivity contribution in [2.24, 2.45) is 0 Å². The van der Waals surface area contributed by atoms with Gasteiger partial charge in [0.1, 0.15) is 28.9 Å². The number of anilines is 1. The van der Waals surface area contributed by atoms with Crippen LogP contribution in [0.15, 0.2) is 46.9 Å². The first-order valence-electron chi connectivity index (χ1n) is 11.8. The van der Waals surface area contributed by atoms with E-state index in [1.807, 2.05) is 6.92 Å². The molecule has 0 aliphatic heterocycles. The van der Waals surface area contributed by atoms with Gasteiger partial charge in [0.25, 0.3) is 0 Å². The average molecular weight is 592 g/mol. The zero-order chi connectivity index (χ0) is 27.8. The fourth-order valence-electron chi connectivity index (χ4n) is 3.80. The summed E-state index contributed by atoms with van der Waals surface area (Å²) in [5.74, 6) is 0.335. The molecule has 0 aliphatic carbocycles. The summed E-state index contributed by atoms with van der Waals surface area (Å²) in [6.07, 6.45) is -4.69. The summed E-state index contributed by atoms with van der Waals surface area (Å²) in [6.45, 7) is 4.52. The molecular weight excluding hydrogens is 558 g/mol. The fraction of sp³-hybridized carbons (Fsp3) is 0.500. The van der Waals surface area contributed by atoms with Gasteiger partial charge in [0.05, 0.1) is 20.3 Å². The van der Waals surface area contributed by atoms with Crippen molar-refractivity contribution in [2.75, 3.05) is 26.1 Å². The van der Waals surface area contributed by atoms with Crippen LogP contribution in [0.2, 0.25) is 0 Å². The summed E-state index contributed by atoms with van der Waals surface area (Å²) < 4.78 is 68.0. The van der Waals surface area contributed by atoms with E-state index in [4.69, 9.17) is 9.47 Å². The summed E-state index contributed by atoms with van der Waals surface area (Å²) in [6, 6.07) is 6.77. The van der Waals surface area contributed by atoms with Gasteiger partial charge in [0.15, 0.2) is 0 Å². The normalized spacial score (nSPS) is 14.4. The Balaban J connectivity index is 2.23. The molecule has 11 heteroatoms. The number of ether oxygens (including phenoxy) is 2. The van der Waals surface area contributed by atoms with Crippen molar-refractivity contribution in [2.45, 2.75) is 63.6 Å². The second-order valence-corrected chi connectivity index (χ2v) is 10.1. The van der Waals surface area contributed by atoms with Crippen LogP contribution in [0, 0.1) is 0 Å². The molecule has 0 bridgehead atoms. The van der Waals surface area contributed by atoms with E-state index < -0.39 is 42.3 Å². The van der Waals surface area contributed by atoms with Crippen molar-refractivity contribution in [3.63, 3.8) is 0 Å². The highest BCUT2D eigenvalue weighted by molar-refractivity contribution is 9.10. The van der Waals surface area contributed by atoms with Gasteiger partial charge in [-0.2, -0.15) is 13.2 Å². The van der Waals surface area contributed by atoms with Gasteiger partial charge in [-0.25, -0.2) is 4.39 Å². The number of hydrogen-bond acceptors (Lipinski definition) is 5. The third kappa shape index (κ3) is 9.37. The van der Waals surface area contributed by atoms with Crippen LogP contribution in [0.1, 0.15) is 45.2 Å². The molecule has 0 heterocycles. The van der Waals surface area contributed by atoms with Gasteiger partial charge in [-0.3, -0.25) is 10.1 Å². The van der Waals surface area contributed by atoms with E-state index in [1.165, 1.54) is 52.3 Å². The Bertz CT molecular complexity index is 991. The van der Waals surface area contributed by atoms with Crippen LogP contribution in [-0.4, -0.2) is 50.6 Å². The standard InChI is InChI=1S/C26H34BrF4N3O3/c1-6-18(15-32-22-20(36-4)8-7-9-21(22)37-5)33-24(35)19(14-25(2,3)28)34-23(26(29,30)31)16-10-12-17(27)13-11-16/h7-13,18-19,23,32,34H,6,14-15H2,1-5H3,(H,33,35)/t18-,19-,23-/m0/s1. The predicted octanol–water partition coefficient (Wildman–Crippen LogP) is 6.17. The van der Waals surface area contributed by atoms with Gasteiger partial charge in [0, 0.05) is 23.5 Å². The van der Waals surface area contributed by atoms with Crippen LogP contribution >= 0.6 is 15.9 Å². The Morgan fingerprint density at radius 3 is 2.03 bits per heavy atom. The molecule has 37 heavy (non-hydrogen) atoms. The molecular formula is C26H34BrF4N3O3. The highest BCUT2D eigenvalue weighted by atomic mass is 79.9. The van der Waals surface area contributed by atoms with Crippen LogP contribution in [0.4, 0.5) is 23.2 Å². The van der Waals surface area contributed by atoms with Crippen molar-refractivity contribution in [1.82, 2.24) is 10.6 Å². The second-order valence-electron chi connectivity index (χ2n) is 9.20. The summed E-state index contributed by atoms with van der Waals surface area (Å²) in [5.41, 5.74) is -1.40. The number of nitrogens with one attached hydrogen (secondary N) is 3. The third-order valence-electron chi connectivity index (χ3n) is 5.70. The lowest BCUT2D eigenvalue weighted by Gasteiger charge is -2.31. The lowest BCUT2D eigenvalue weighted by Crippen LogP contribution is -2.53. The van der Waals surface area contributed by atoms with Crippen molar-refractivity contribution < 1.29 is 31.8 Å². The molecule has 3 N–H and O–H groups in total. The molecule has 0 aromatic heterocycles. The molecule has 0 saturated carbocycles. The van der Waals surface area contributed by atoms with E-state index in [9.17, 15) is 22.4 Å². The highest BCUT2D eigenvalue weighted by Crippen LogP contribution is 2.35. The Morgan fingerprint density at radius 1 is 1.00 bits per heavy atom. The molecule has 1 amide bonds. The van der Waals surface area contributed by atoms with E-state index >= 15 is 0 Å². The van der Waals surface area contributed by atoms with Crippen molar-refractivity contribution in [3.05, 3.63) is 52.5 Å². The molecule has 2 aromatic carbocycles. The van der Waals surface area contributed by atoms with Crippen LogP contribution in [0.3, 0.4) is 0 Å².